The third-order valence-corrected chi connectivity index (χ3v) is 5.52. The van der Waals surface area contributed by atoms with Crippen molar-refractivity contribution in [3.63, 3.8) is 0 Å². The summed E-state index contributed by atoms with van der Waals surface area (Å²) < 4.78 is 31.5. The van der Waals surface area contributed by atoms with Gasteiger partial charge in [-0.3, -0.25) is 0 Å². The molecule has 0 N–H and O–H groups in total. The average molecular weight is 321 g/mol. The average Bonchev–Trinajstić information content (AvgIpc) is 3.09. The second-order valence-corrected chi connectivity index (χ2v) is 7.21. The van der Waals surface area contributed by atoms with Crippen molar-refractivity contribution in [2.45, 2.75) is 17.4 Å². The fourth-order valence-corrected chi connectivity index (χ4v) is 3.92. The van der Waals surface area contributed by atoms with E-state index in [1.165, 1.54) is 6.07 Å². The van der Waals surface area contributed by atoms with Crippen LogP contribution in [-0.2, 0) is 14.3 Å². The predicted octanol–water partition coefficient (Wildman–Crippen LogP) is 3.49. The number of hydrogen-bond donors (Lipinski definition) is 0. The minimum absolute atomic E-state index is 0.188. The smallest absolute Gasteiger partial charge is 0.193 e. The van der Waals surface area contributed by atoms with Crippen molar-refractivity contribution < 1.29 is 17.3 Å². The largest absolute Gasteiger partial charge is 0.325 e. The van der Waals surface area contributed by atoms with Crippen LogP contribution in [0.1, 0.15) is 6.92 Å². The zero-order valence-electron chi connectivity index (χ0n) is 11.2. The summed E-state index contributed by atoms with van der Waals surface area (Å²) in [4.78, 5) is 0. The van der Waals surface area contributed by atoms with Crippen molar-refractivity contribution in [1.82, 2.24) is 0 Å². The minimum Gasteiger partial charge on any atom is -0.193 e. The Morgan fingerprint density at radius 2 is 1.95 bits per heavy atom. The molecule has 2 aromatic rings. The van der Waals surface area contributed by atoms with Gasteiger partial charge in [-0.25, -0.2) is 0 Å². The van der Waals surface area contributed by atoms with Gasteiger partial charge in [0.15, 0.2) is 0 Å². The Morgan fingerprint density at radius 3 is 2.62 bits per heavy atom. The highest BCUT2D eigenvalue weighted by molar-refractivity contribution is 7.89. The standard InChI is InChI=1S/C14H13N2O3S2/c1-11-10-13(16(15-11)12-6-3-2-4-7-12)19-21(17,18)14-8-5-9-20-14/h2-10,13H,1H3/q+1/t13-/m1/s1. The normalized spacial score (nSPS) is 18.4. The van der Waals surface area contributed by atoms with Crippen LogP contribution in [0.15, 0.2) is 68.9 Å². The van der Waals surface area contributed by atoms with Gasteiger partial charge in [-0.2, -0.15) is 12.6 Å². The molecule has 0 amide bonds. The van der Waals surface area contributed by atoms with Crippen molar-refractivity contribution in [1.29, 1.82) is 0 Å². The van der Waals surface area contributed by atoms with E-state index in [1.54, 1.807) is 29.1 Å². The van der Waals surface area contributed by atoms with Crippen LogP contribution in [-0.4, -0.2) is 19.3 Å². The van der Waals surface area contributed by atoms with Crippen LogP contribution in [0.2, 0.25) is 0 Å². The van der Waals surface area contributed by atoms with E-state index in [0.717, 1.165) is 17.0 Å². The summed E-state index contributed by atoms with van der Waals surface area (Å²) in [6, 6.07) is 12.5. The van der Waals surface area contributed by atoms with Crippen molar-refractivity contribution in [2.24, 2.45) is 5.11 Å². The summed E-state index contributed by atoms with van der Waals surface area (Å²) in [6.45, 7) is 1.80. The molecule has 5 nitrogen and oxygen atoms in total. The summed E-state index contributed by atoms with van der Waals surface area (Å²) >= 11 is 1.13. The molecule has 0 spiro atoms. The van der Waals surface area contributed by atoms with Crippen molar-refractivity contribution >= 4 is 27.1 Å². The van der Waals surface area contributed by atoms with E-state index in [4.69, 9.17) is 4.18 Å². The van der Waals surface area contributed by atoms with Gasteiger partial charge in [0.25, 0.3) is 0 Å². The van der Waals surface area contributed by atoms with Crippen molar-refractivity contribution in [3.8, 4) is 0 Å². The summed E-state index contributed by atoms with van der Waals surface area (Å²) in [7, 11) is -3.79. The van der Waals surface area contributed by atoms with Gasteiger partial charge < -0.3 is 0 Å². The molecule has 2 heterocycles. The highest BCUT2D eigenvalue weighted by atomic mass is 32.3. The fraction of sp³-hybridized carbons (Fsp3) is 0.143. The third-order valence-electron chi connectivity index (χ3n) is 2.88. The first-order valence-corrected chi connectivity index (χ1v) is 8.56. The van der Waals surface area contributed by atoms with Crippen LogP contribution in [0.25, 0.3) is 0 Å². The van der Waals surface area contributed by atoms with E-state index in [1.807, 2.05) is 30.3 Å². The summed E-state index contributed by atoms with van der Waals surface area (Å²) in [6.07, 6.45) is 0.914. The summed E-state index contributed by atoms with van der Waals surface area (Å²) in [5, 5.41) is 6.01. The van der Waals surface area contributed by atoms with Crippen LogP contribution in [0.3, 0.4) is 0 Å². The monoisotopic (exact) mass is 321 g/mol. The Morgan fingerprint density at radius 1 is 1.19 bits per heavy atom. The number of allylic oxidation sites excluding steroid dienone is 1. The Kier molecular flexibility index (Phi) is 3.71. The molecule has 0 saturated heterocycles. The van der Waals surface area contributed by atoms with Crippen molar-refractivity contribution in [2.75, 3.05) is 0 Å². The molecule has 0 fully saturated rings. The zero-order chi connectivity index (χ0) is 14.9. The number of nitrogens with zero attached hydrogens (tertiary/aromatic N) is 2. The number of benzene rings is 1. The molecule has 21 heavy (non-hydrogen) atoms. The van der Waals surface area contributed by atoms with E-state index in [2.05, 4.69) is 5.11 Å². The number of hydrogen-bond acceptors (Lipinski definition) is 5. The van der Waals surface area contributed by atoms with Gasteiger partial charge in [0.1, 0.15) is 9.91 Å². The van der Waals surface area contributed by atoms with Crippen molar-refractivity contribution in [3.05, 3.63) is 59.6 Å². The van der Waals surface area contributed by atoms with Crippen LogP contribution in [0, 0.1) is 0 Å². The molecule has 1 aliphatic rings. The predicted molar refractivity (Wildman–Crippen MR) is 78.9 cm³/mol. The van der Waals surface area contributed by atoms with Crippen LogP contribution >= 0.6 is 11.3 Å². The lowest BCUT2D eigenvalue weighted by Gasteiger charge is -2.06. The number of thiophene rings is 1. The van der Waals surface area contributed by atoms with Gasteiger partial charge >= 0.3 is 16.3 Å². The van der Waals surface area contributed by atoms with Gasteiger partial charge in [0.2, 0.25) is 5.69 Å². The maximum Gasteiger partial charge on any atom is 0.325 e. The molecule has 3 rings (SSSR count). The molecule has 1 atom stereocenters. The molecule has 0 bridgehead atoms. The van der Waals surface area contributed by atoms with Gasteiger partial charge in [-0.05, 0) is 23.5 Å². The lowest BCUT2D eigenvalue weighted by molar-refractivity contribution is -0.566. The molecule has 1 aromatic heterocycles. The Hall–Kier alpha value is -1.83. The van der Waals surface area contributed by atoms with Gasteiger partial charge in [-0.1, -0.05) is 29.0 Å². The molecular formula is C14H13N2O3S2+. The highest BCUT2D eigenvalue weighted by Gasteiger charge is 2.35. The Bertz CT molecular complexity index is 794. The second-order valence-electron chi connectivity index (χ2n) is 4.46. The van der Waals surface area contributed by atoms with E-state index in [0.29, 0.717) is 5.70 Å². The fourth-order valence-electron chi connectivity index (χ4n) is 1.97. The van der Waals surface area contributed by atoms with E-state index in [-0.39, 0.29) is 4.21 Å². The number of rotatable bonds is 4. The summed E-state index contributed by atoms with van der Waals surface area (Å²) in [5.41, 5.74) is 1.49. The topological polar surface area (TPSA) is 58.7 Å². The van der Waals surface area contributed by atoms with E-state index in [9.17, 15) is 8.42 Å². The molecule has 0 unspecified atom stereocenters. The molecule has 1 aromatic carbocycles. The second kappa shape index (κ2) is 5.51. The maximum absolute atomic E-state index is 12.2. The van der Waals surface area contributed by atoms with Gasteiger partial charge in [-0.15, -0.1) is 11.3 Å². The SMILES string of the molecule is CC1=C[C@@H](OS(=O)(=O)c2cccs2)[N+](c2ccccc2)=N1. The number of azo groups is 2. The first kappa shape index (κ1) is 14.1. The molecule has 0 aliphatic carbocycles. The van der Waals surface area contributed by atoms with E-state index >= 15 is 0 Å². The maximum atomic E-state index is 12.2. The lowest BCUT2D eigenvalue weighted by atomic mass is 10.3. The molecule has 108 valence electrons. The van der Waals surface area contributed by atoms with Crippen LogP contribution in [0.5, 0.6) is 0 Å². The number of para-hydroxylation sites is 1. The first-order chi connectivity index (χ1) is 10.1. The van der Waals surface area contributed by atoms with Crippen LogP contribution in [0.4, 0.5) is 5.69 Å². The van der Waals surface area contributed by atoms with E-state index < -0.39 is 16.3 Å². The highest BCUT2D eigenvalue weighted by Crippen LogP contribution is 2.27. The van der Waals surface area contributed by atoms with Gasteiger partial charge in [0.05, 0.1) is 0 Å². The van der Waals surface area contributed by atoms with Gasteiger partial charge in [0, 0.05) is 18.2 Å². The molecule has 7 heteroatoms. The lowest BCUT2D eigenvalue weighted by Crippen LogP contribution is -2.23. The third kappa shape index (κ3) is 2.94. The molecular weight excluding hydrogens is 308 g/mol. The molecule has 1 aliphatic heterocycles. The Labute approximate surface area is 126 Å². The zero-order valence-corrected chi connectivity index (χ0v) is 12.8. The Balaban J connectivity index is 1.90. The molecule has 0 radical (unpaired) electrons. The summed E-state index contributed by atoms with van der Waals surface area (Å²) in [5.74, 6) is 0. The van der Waals surface area contributed by atoms with Crippen LogP contribution < -0.4 is 0 Å². The molecule has 0 saturated carbocycles. The first-order valence-electron chi connectivity index (χ1n) is 6.27. The quantitative estimate of drug-likeness (QED) is 0.640. The minimum atomic E-state index is -3.79.